The molecule has 0 bridgehead atoms. The fraction of sp³-hybridized carbons (Fsp3) is 0.412. The Hall–Kier alpha value is -2.33. The average Bonchev–Trinajstić information content (AvgIpc) is 2.62. The lowest BCUT2D eigenvalue weighted by molar-refractivity contribution is 0.136. The normalized spacial score (nSPS) is 20.3. The quantitative estimate of drug-likeness (QED) is 0.802. The van der Waals surface area contributed by atoms with Crippen LogP contribution in [0.3, 0.4) is 0 Å². The van der Waals surface area contributed by atoms with Gasteiger partial charge in [0.15, 0.2) is 0 Å². The van der Waals surface area contributed by atoms with Crippen LogP contribution in [0.4, 0.5) is 8.78 Å². The van der Waals surface area contributed by atoms with Gasteiger partial charge in [-0.25, -0.2) is 21.9 Å². The molecule has 1 aliphatic rings. The molecule has 146 valence electrons. The Labute approximate surface area is 155 Å². The monoisotopic (exact) mass is 399 g/mol. The number of nitrogens with zero attached hydrogens (tertiary/aromatic N) is 2. The number of ether oxygens (including phenoxy) is 2. The number of aromatic nitrogens is 2. The van der Waals surface area contributed by atoms with Crippen LogP contribution < -0.4 is 14.2 Å². The van der Waals surface area contributed by atoms with Crippen LogP contribution >= 0.6 is 0 Å². The molecule has 27 heavy (non-hydrogen) atoms. The summed E-state index contributed by atoms with van der Waals surface area (Å²) in [6, 6.07) is 1.88. The summed E-state index contributed by atoms with van der Waals surface area (Å²) < 4.78 is 64.5. The molecule has 1 saturated carbocycles. The minimum Gasteiger partial charge on any atom is -0.480 e. The van der Waals surface area contributed by atoms with Gasteiger partial charge in [0.1, 0.15) is 17.7 Å². The zero-order valence-corrected chi connectivity index (χ0v) is 15.4. The number of nitrogens with one attached hydrogen (secondary N) is 1. The van der Waals surface area contributed by atoms with E-state index < -0.39 is 26.6 Å². The highest BCUT2D eigenvalue weighted by Gasteiger charge is 2.27. The first-order valence-electron chi connectivity index (χ1n) is 8.37. The number of hydrogen-bond acceptors (Lipinski definition) is 6. The Balaban J connectivity index is 1.57. The first-order chi connectivity index (χ1) is 12.9. The molecule has 1 aromatic heterocycles. The van der Waals surface area contributed by atoms with Crippen molar-refractivity contribution in [2.45, 2.75) is 42.7 Å². The Kier molecular flexibility index (Phi) is 5.85. The van der Waals surface area contributed by atoms with Crippen LogP contribution in [-0.2, 0) is 10.0 Å². The minimum absolute atomic E-state index is 0.126. The number of hydrogen-bond donors (Lipinski definition) is 1. The Bertz CT molecular complexity index is 883. The van der Waals surface area contributed by atoms with Gasteiger partial charge in [0.2, 0.25) is 21.8 Å². The average molecular weight is 399 g/mol. The molecule has 0 radical (unpaired) electrons. The second kappa shape index (κ2) is 8.13. The summed E-state index contributed by atoms with van der Waals surface area (Å²) in [5, 5.41) is 0. The predicted molar refractivity (Wildman–Crippen MR) is 91.9 cm³/mol. The summed E-state index contributed by atoms with van der Waals surface area (Å²) in [4.78, 5) is 7.67. The number of halogens is 2. The van der Waals surface area contributed by atoms with Crippen LogP contribution in [0, 0.1) is 11.6 Å². The van der Waals surface area contributed by atoms with E-state index in [-0.39, 0.29) is 12.1 Å². The largest absolute Gasteiger partial charge is 0.480 e. The maximum Gasteiger partial charge on any atom is 0.241 e. The Morgan fingerprint density at radius 1 is 1.04 bits per heavy atom. The zero-order valence-electron chi connectivity index (χ0n) is 14.6. The van der Waals surface area contributed by atoms with Crippen LogP contribution in [0.15, 0.2) is 35.5 Å². The van der Waals surface area contributed by atoms with Crippen molar-refractivity contribution in [1.82, 2.24) is 14.7 Å². The molecule has 3 rings (SSSR count). The summed E-state index contributed by atoms with van der Waals surface area (Å²) in [5.74, 6) is -1.19. The molecule has 1 fully saturated rings. The highest BCUT2D eigenvalue weighted by Crippen LogP contribution is 2.25. The van der Waals surface area contributed by atoms with Crippen LogP contribution in [0.5, 0.6) is 11.8 Å². The molecule has 0 amide bonds. The van der Waals surface area contributed by atoms with Gasteiger partial charge in [0, 0.05) is 12.1 Å². The predicted octanol–water partition coefficient (Wildman–Crippen LogP) is 2.43. The van der Waals surface area contributed by atoms with E-state index in [0.717, 1.165) is 12.1 Å². The van der Waals surface area contributed by atoms with Crippen molar-refractivity contribution >= 4 is 10.0 Å². The molecule has 0 saturated heterocycles. The van der Waals surface area contributed by atoms with Gasteiger partial charge in [-0.2, -0.15) is 4.98 Å². The van der Waals surface area contributed by atoms with E-state index in [1.807, 2.05) is 0 Å². The summed E-state index contributed by atoms with van der Waals surface area (Å²) in [6.07, 6.45) is 5.08. The third-order valence-electron chi connectivity index (χ3n) is 4.23. The lowest BCUT2D eigenvalue weighted by Crippen LogP contribution is -2.39. The molecule has 0 aliphatic heterocycles. The van der Waals surface area contributed by atoms with Gasteiger partial charge >= 0.3 is 0 Å². The smallest absolute Gasteiger partial charge is 0.241 e. The molecule has 7 nitrogen and oxygen atoms in total. The van der Waals surface area contributed by atoms with E-state index in [4.69, 9.17) is 9.47 Å². The van der Waals surface area contributed by atoms with Gasteiger partial charge in [0.05, 0.1) is 24.4 Å². The SMILES string of the molecule is COc1cncc(OC2CCC(NS(=O)(=O)c3cc(F)cc(F)c3)CC2)n1. The van der Waals surface area contributed by atoms with Gasteiger partial charge in [-0.1, -0.05) is 0 Å². The molecule has 2 aromatic rings. The van der Waals surface area contributed by atoms with Gasteiger partial charge < -0.3 is 9.47 Å². The number of benzene rings is 1. The van der Waals surface area contributed by atoms with E-state index in [1.165, 1.54) is 19.5 Å². The second-order valence-electron chi connectivity index (χ2n) is 6.22. The summed E-state index contributed by atoms with van der Waals surface area (Å²) in [6.45, 7) is 0. The van der Waals surface area contributed by atoms with E-state index in [2.05, 4.69) is 14.7 Å². The summed E-state index contributed by atoms with van der Waals surface area (Å²) in [7, 11) is -2.52. The molecule has 1 N–H and O–H groups in total. The van der Waals surface area contributed by atoms with Crippen molar-refractivity contribution < 1.29 is 26.7 Å². The lowest BCUT2D eigenvalue weighted by atomic mass is 9.94. The zero-order chi connectivity index (χ0) is 19.4. The molecule has 0 unspecified atom stereocenters. The fourth-order valence-corrected chi connectivity index (χ4v) is 4.27. The van der Waals surface area contributed by atoms with Crippen LogP contribution in [0.1, 0.15) is 25.7 Å². The number of rotatable bonds is 6. The summed E-state index contributed by atoms with van der Waals surface area (Å²) >= 11 is 0. The van der Waals surface area contributed by atoms with Crippen molar-refractivity contribution in [1.29, 1.82) is 0 Å². The third kappa shape index (κ3) is 5.10. The Morgan fingerprint density at radius 3 is 2.30 bits per heavy atom. The number of methoxy groups -OCH3 is 1. The molecule has 10 heteroatoms. The minimum atomic E-state index is -4.00. The Morgan fingerprint density at radius 2 is 1.67 bits per heavy atom. The van der Waals surface area contributed by atoms with Crippen LogP contribution in [0.2, 0.25) is 0 Å². The van der Waals surface area contributed by atoms with E-state index >= 15 is 0 Å². The van der Waals surface area contributed by atoms with E-state index in [1.54, 1.807) is 0 Å². The maximum absolute atomic E-state index is 13.3. The van der Waals surface area contributed by atoms with Crippen molar-refractivity contribution in [3.8, 4) is 11.8 Å². The molecule has 1 aromatic carbocycles. The van der Waals surface area contributed by atoms with Crippen LogP contribution in [0.25, 0.3) is 0 Å². The van der Waals surface area contributed by atoms with Crippen LogP contribution in [-0.4, -0.2) is 37.6 Å². The maximum atomic E-state index is 13.3. The second-order valence-corrected chi connectivity index (χ2v) is 7.93. The lowest BCUT2D eigenvalue weighted by Gasteiger charge is -2.29. The highest BCUT2D eigenvalue weighted by atomic mass is 32.2. The van der Waals surface area contributed by atoms with Gasteiger partial charge in [-0.05, 0) is 37.8 Å². The molecule has 1 heterocycles. The first-order valence-corrected chi connectivity index (χ1v) is 9.85. The van der Waals surface area contributed by atoms with E-state index in [0.29, 0.717) is 43.5 Å². The highest BCUT2D eigenvalue weighted by molar-refractivity contribution is 7.89. The van der Waals surface area contributed by atoms with Crippen molar-refractivity contribution in [2.75, 3.05) is 7.11 Å². The van der Waals surface area contributed by atoms with Gasteiger partial charge in [-0.3, -0.25) is 4.98 Å². The van der Waals surface area contributed by atoms with Crippen molar-refractivity contribution in [2.24, 2.45) is 0 Å². The molecular weight excluding hydrogens is 380 g/mol. The molecule has 1 aliphatic carbocycles. The van der Waals surface area contributed by atoms with E-state index in [9.17, 15) is 17.2 Å². The molecule has 0 spiro atoms. The van der Waals surface area contributed by atoms with Crippen molar-refractivity contribution in [3.63, 3.8) is 0 Å². The van der Waals surface area contributed by atoms with Gasteiger partial charge in [-0.15, -0.1) is 0 Å². The standard InChI is InChI=1S/C17H19F2N3O4S/c1-25-16-9-20-10-17(21-16)26-14-4-2-13(3-5-14)22-27(23,24)15-7-11(18)6-12(19)8-15/h6-10,13-14,22H,2-5H2,1H3. The first kappa shape index (κ1) is 19.4. The van der Waals surface area contributed by atoms with Gasteiger partial charge in [0.25, 0.3) is 0 Å². The fourth-order valence-electron chi connectivity index (χ4n) is 2.93. The molecule has 0 atom stereocenters. The van der Waals surface area contributed by atoms with Crippen molar-refractivity contribution in [3.05, 3.63) is 42.2 Å². The molecular formula is C17H19F2N3O4S. The summed E-state index contributed by atoms with van der Waals surface area (Å²) in [5.41, 5.74) is 0. The third-order valence-corrected chi connectivity index (χ3v) is 5.73. The number of sulfonamides is 1. The topological polar surface area (TPSA) is 90.4 Å².